The summed E-state index contributed by atoms with van der Waals surface area (Å²) in [5.41, 5.74) is 0.0638. The van der Waals surface area contributed by atoms with Crippen molar-refractivity contribution in [3.05, 3.63) is 39.4 Å². The molecule has 0 saturated carbocycles. The van der Waals surface area contributed by atoms with Crippen LogP contribution >= 0.6 is 22.9 Å². The maximum absolute atomic E-state index is 12.6. The van der Waals surface area contributed by atoms with Crippen molar-refractivity contribution in [3.8, 4) is 0 Å². The minimum absolute atomic E-state index is 0.0695. The van der Waals surface area contributed by atoms with Crippen LogP contribution in [0.3, 0.4) is 0 Å². The largest absolute Gasteiger partial charge is 0.433 e. The lowest BCUT2D eigenvalue weighted by atomic mass is 10.1. The van der Waals surface area contributed by atoms with E-state index in [4.69, 9.17) is 11.6 Å². The number of aromatic nitrogens is 2. The van der Waals surface area contributed by atoms with E-state index in [1.165, 1.54) is 0 Å². The Bertz CT molecular complexity index is 572. The molecular weight excluding hydrogens is 311 g/mol. The molecule has 2 aromatic heterocycles. The lowest BCUT2D eigenvalue weighted by Gasteiger charge is -2.15. The first-order valence-electron chi connectivity index (χ1n) is 5.74. The van der Waals surface area contributed by atoms with Crippen molar-refractivity contribution in [3.63, 3.8) is 0 Å². The van der Waals surface area contributed by atoms with E-state index in [2.05, 4.69) is 15.3 Å². The Balaban J connectivity index is 2.11. The zero-order valence-corrected chi connectivity index (χ0v) is 12.0. The molecule has 8 heteroatoms. The summed E-state index contributed by atoms with van der Waals surface area (Å²) in [5, 5.41) is 6.42. The molecule has 1 unspecified atom stereocenters. The molecule has 0 bridgehead atoms. The van der Waals surface area contributed by atoms with E-state index >= 15 is 0 Å². The summed E-state index contributed by atoms with van der Waals surface area (Å²) in [7, 11) is 0. The maximum atomic E-state index is 12.6. The third kappa shape index (κ3) is 4.08. The van der Waals surface area contributed by atoms with Crippen LogP contribution in [0.4, 0.5) is 19.0 Å². The molecule has 2 heterocycles. The van der Waals surface area contributed by atoms with E-state index in [9.17, 15) is 13.2 Å². The number of rotatable bonds is 4. The topological polar surface area (TPSA) is 37.8 Å². The summed E-state index contributed by atoms with van der Waals surface area (Å²) in [6.45, 7) is 1.86. The van der Waals surface area contributed by atoms with E-state index in [0.29, 0.717) is 6.42 Å². The molecule has 0 fully saturated rings. The van der Waals surface area contributed by atoms with Gasteiger partial charge in [0.05, 0.1) is 0 Å². The highest BCUT2D eigenvalue weighted by atomic mass is 35.5. The first kappa shape index (κ1) is 15.1. The van der Waals surface area contributed by atoms with Crippen molar-refractivity contribution >= 4 is 28.8 Å². The predicted octanol–water partition coefficient (Wildman–Crippen LogP) is 4.25. The fraction of sp³-hybridized carbons (Fsp3) is 0.333. The predicted molar refractivity (Wildman–Crippen MR) is 73.2 cm³/mol. The first-order valence-corrected chi connectivity index (χ1v) is 7.06. The number of hydrogen-bond acceptors (Lipinski definition) is 4. The van der Waals surface area contributed by atoms with Gasteiger partial charge in [-0.25, -0.2) is 9.97 Å². The third-order valence-corrected chi connectivity index (χ3v) is 3.41. The first-order chi connectivity index (χ1) is 9.34. The van der Waals surface area contributed by atoms with Crippen molar-refractivity contribution in [2.75, 3.05) is 5.32 Å². The molecule has 0 saturated heterocycles. The van der Waals surface area contributed by atoms with Crippen molar-refractivity contribution in [1.29, 1.82) is 0 Å². The summed E-state index contributed by atoms with van der Waals surface area (Å²) in [5.74, 6) is 0.0695. The van der Waals surface area contributed by atoms with Crippen molar-refractivity contribution in [2.45, 2.75) is 25.6 Å². The molecule has 1 atom stereocenters. The van der Waals surface area contributed by atoms with Crippen LogP contribution in [-0.2, 0) is 12.6 Å². The molecule has 20 heavy (non-hydrogen) atoms. The smallest absolute Gasteiger partial charge is 0.367 e. The molecule has 0 aliphatic heterocycles. The van der Waals surface area contributed by atoms with E-state index in [-0.39, 0.29) is 11.9 Å². The normalized spacial score (nSPS) is 13.2. The minimum Gasteiger partial charge on any atom is -0.367 e. The van der Waals surface area contributed by atoms with Gasteiger partial charge in [0.1, 0.15) is 5.82 Å². The quantitative estimate of drug-likeness (QED) is 0.855. The highest BCUT2D eigenvalue weighted by molar-refractivity contribution is 7.07. The van der Waals surface area contributed by atoms with E-state index in [1.54, 1.807) is 11.3 Å². The molecule has 2 rings (SSSR count). The van der Waals surface area contributed by atoms with Gasteiger partial charge in [0.2, 0.25) is 5.28 Å². The molecule has 3 nitrogen and oxygen atoms in total. The lowest BCUT2D eigenvalue weighted by molar-refractivity contribution is -0.141. The monoisotopic (exact) mass is 321 g/mol. The van der Waals surface area contributed by atoms with Crippen molar-refractivity contribution < 1.29 is 13.2 Å². The summed E-state index contributed by atoms with van der Waals surface area (Å²) >= 11 is 7.09. The zero-order chi connectivity index (χ0) is 14.8. The van der Waals surface area contributed by atoms with E-state index < -0.39 is 17.2 Å². The van der Waals surface area contributed by atoms with Crippen LogP contribution in [0.15, 0.2) is 22.9 Å². The summed E-state index contributed by atoms with van der Waals surface area (Å²) < 4.78 is 37.8. The Morgan fingerprint density at radius 2 is 2.15 bits per heavy atom. The van der Waals surface area contributed by atoms with Crippen LogP contribution in [0.5, 0.6) is 0 Å². The molecule has 1 N–H and O–H groups in total. The van der Waals surface area contributed by atoms with Gasteiger partial charge >= 0.3 is 6.18 Å². The number of hydrogen-bond donors (Lipinski definition) is 1. The number of anilines is 1. The lowest BCUT2D eigenvalue weighted by Crippen LogP contribution is -2.20. The van der Waals surface area contributed by atoms with Crippen LogP contribution in [0.25, 0.3) is 0 Å². The molecule has 0 spiro atoms. The van der Waals surface area contributed by atoms with Crippen LogP contribution in [0.2, 0.25) is 5.28 Å². The van der Waals surface area contributed by atoms with Gasteiger partial charge in [0, 0.05) is 12.1 Å². The molecule has 0 radical (unpaired) electrons. The number of thiophene rings is 1. The number of nitrogens with zero attached hydrogens (tertiary/aromatic N) is 2. The Morgan fingerprint density at radius 3 is 2.75 bits per heavy atom. The Hall–Kier alpha value is -1.34. The zero-order valence-electron chi connectivity index (χ0n) is 10.4. The summed E-state index contributed by atoms with van der Waals surface area (Å²) in [4.78, 5) is 6.94. The van der Waals surface area contributed by atoms with Crippen molar-refractivity contribution in [2.24, 2.45) is 0 Å². The molecule has 0 aromatic carbocycles. The van der Waals surface area contributed by atoms with Crippen LogP contribution in [-0.4, -0.2) is 16.0 Å². The molecule has 0 amide bonds. The molecule has 0 aliphatic rings. The highest BCUT2D eigenvalue weighted by Crippen LogP contribution is 2.29. The second-order valence-electron chi connectivity index (χ2n) is 4.29. The van der Waals surface area contributed by atoms with Crippen LogP contribution in [0, 0.1) is 0 Å². The summed E-state index contributed by atoms with van der Waals surface area (Å²) in [6.07, 6.45) is -3.86. The Kier molecular flexibility index (Phi) is 4.49. The van der Waals surface area contributed by atoms with Crippen molar-refractivity contribution in [1.82, 2.24) is 9.97 Å². The number of nitrogens with one attached hydrogen (secondary N) is 1. The standard InChI is InChI=1S/C12H11ClF3N3S/c1-7(4-8-2-3-20-6-8)17-10-5-9(12(14,15)16)18-11(13)19-10/h2-3,5-7H,4H2,1H3,(H,17,18,19). The van der Waals surface area contributed by atoms with Gasteiger partial charge in [-0.2, -0.15) is 24.5 Å². The molecule has 0 aliphatic carbocycles. The molecular formula is C12H11ClF3N3S. The number of halogens is 4. The molecule has 2 aromatic rings. The van der Waals surface area contributed by atoms with Gasteiger partial charge in [-0.1, -0.05) is 0 Å². The second-order valence-corrected chi connectivity index (χ2v) is 5.40. The second kappa shape index (κ2) is 5.97. The fourth-order valence-electron chi connectivity index (χ4n) is 1.70. The Morgan fingerprint density at radius 1 is 1.40 bits per heavy atom. The highest BCUT2D eigenvalue weighted by Gasteiger charge is 2.33. The van der Waals surface area contributed by atoms with E-state index in [1.807, 2.05) is 23.8 Å². The average Bonchev–Trinajstić information content (AvgIpc) is 2.79. The van der Waals surface area contributed by atoms with Crippen LogP contribution < -0.4 is 5.32 Å². The Labute approximate surface area is 122 Å². The average molecular weight is 322 g/mol. The SMILES string of the molecule is CC(Cc1ccsc1)Nc1cc(C(F)(F)F)nc(Cl)n1. The number of alkyl halides is 3. The van der Waals surface area contributed by atoms with Gasteiger partial charge in [-0.05, 0) is 47.3 Å². The van der Waals surface area contributed by atoms with Gasteiger partial charge in [-0.3, -0.25) is 0 Å². The van der Waals surface area contributed by atoms with Gasteiger partial charge in [-0.15, -0.1) is 0 Å². The fourth-order valence-corrected chi connectivity index (χ4v) is 2.57. The van der Waals surface area contributed by atoms with E-state index in [0.717, 1.165) is 11.6 Å². The minimum atomic E-state index is -4.54. The maximum Gasteiger partial charge on any atom is 0.433 e. The molecule has 108 valence electrons. The van der Waals surface area contributed by atoms with Gasteiger partial charge < -0.3 is 5.32 Å². The summed E-state index contributed by atoms with van der Waals surface area (Å²) in [6, 6.07) is 2.75. The third-order valence-electron chi connectivity index (χ3n) is 2.51. The van der Waals surface area contributed by atoms with Gasteiger partial charge in [0.15, 0.2) is 5.69 Å². The van der Waals surface area contributed by atoms with Gasteiger partial charge in [0.25, 0.3) is 0 Å². The van der Waals surface area contributed by atoms with Crippen LogP contribution in [0.1, 0.15) is 18.2 Å².